The van der Waals surface area contributed by atoms with Crippen molar-refractivity contribution in [1.29, 1.82) is 0 Å². The Hall–Kier alpha value is -0.810. The van der Waals surface area contributed by atoms with Gasteiger partial charge in [0.15, 0.2) is 0 Å². The minimum atomic E-state index is -0.745. The maximum absolute atomic E-state index is 11.6. The Morgan fingerprint density at radius 2 is 2.18 bits per heavy atom. The molecule has 3 N–H and O–H groups in total. The van der Waals surface area contributed by atoms with E-state index >= 15 is 0 Å². The Bertz CT molecular complexity index is 361. The molecular weight excluding hydrogens is 263 g/mol. The number of methoxy groups -OCH3 is 1. The van der Waals surface area contributed by atoms with E-state index in [1.54, 1.807) is 31.4 Å². The first kappa shape index (κ1) is 16.2. The second-order valence-electron chi connectivity index (χ2n) is 3.28. The summed E-state index contributed by atoms with van der Waals surface area (Å²) >= 11 is 5.94. The van der Waals surface area contributed by atoms with Crippen LogP contribution < -0.4 is 11.1 Å². The summed E-state index contributed by atoms with van der Waals surface area (Å²) in [6.07, 6.45) is 0. The molecule has 1 rings (SSSR count). The average Bonchev–Trinajstić information content (AvgIpc) is 2.29. The number of nitrogens with one attached hydrogen (secondary N) is 1. The fourth-order valence-electron chi connectivity index (χ4n) is 1.25. The molecule has 0 aliphatic rings. The molecule has 1 atom stereocenters. The highest BCUT2D eigenvalue weighted by Crippen LogP contribution is 2.20. The van der Waals surface area contributed by atoms with Gasteiger partial charge in [-0.05, 0) is 11.6 Å². The van der Waals surface area contributed by atoms with Gasteiger partial charge in [-0.25, -0.2) is 0 Å². The van der Waals surface area contributed by atoms with Crippen molar-refractivity contribution in [2.24, 2.45) is 5.73 Å². The standard InChI is InChI=1S/C11H15ClN2O2.ClH/c1-16-7-6-14-11(15)10(13)8-4-2-3-5-9(8)12;/h2-5,10H,6-7,13H2,1H3,(H,14,15);1H. The van der Waals surface area contributed by atoms with Crippen LogP contribution in [0.5, 0.6) is 0 Å². The van der Waals surface area contributed by atoms with Gasteiger partial charge < -0.3 is 15.8 Å². The van der Waals surface area contributed by atoms with E-state index in [0.29, 0.717) is 23.7 Å². The molecule has 1 unspecified atom stereocenters. The van der Waals surface area contributed by atoms with Crippen LogP contribution in [0.2, 0.25) is 5.02 Å². The quantitative estimate of drug-likeness (QED) is 0.803. The number of rotatable bonds is 5. The number of carbonyl (C=O) groups excluding carboxylic acids is 1. The average molecular weight is 279 g/mol. The smallest absolute Gasteiger partial charge is 0.241 e. The normalized spacial score (nSPS) is 11.5. The largest absolute Gasteiger partial charge is 0.383 e. The van der Waals surface area contributed by atoms with Crippen molar-refractivity contribution in [2.45, 2.75) is 6.04 Å². The predicted octanol–water partition coefficient (Wildman–Crippen LogP) is 1.52. The van der Waals surface area contributed by atoms with Gasteiger partial charge in [-0.1, -0.05) is 29.8 Å². The molecule has 17 heavy (non-hydrogen) atoms. The predicted molar refractivity (Wildman–Crippen MR) is 70.5 cm³/mol. The van der Waals surface area contributed by atoms with Crippen molar-refractivity contribution in [3.8, 4) is 0 Å². The first-order valence-electron chi connectivity index (χ1n) is 4.93. The Morgan fingerprint density at radius 3 is 2.76 bits per heavy atom. The zero-order valence-corrected chi connectivity index (χ0v) is 11.1. The molecule has 1 aromatic rings. The van der Waals surface area contributed by atoms with E-state index < -0.39 is 6.04 Å². The summed E-state index contributed by atoms with van der Waals surface area (Å²) in [6, 6.07) is 6.29. The summed E-state index contributed by atoms with van der Waals surface area (Å²) in [7, 11) is 1.57. The molecule has 4 nitrogen and oxygen atoms in total. The van der Waals surface area contributed by atoms with Crippen LogP contribution >= 0.6 is 24.0 Å². The third-order valence-electron chi connectivity index (χ3n) is 2.13. The number of amides is 1. The molecular formula is C11H16Cl2N2O2. The minimum absolute atomic E-state index is 0. The first-order valence-corrected chi connectivity index (χ1v) is 5.31. The van der Waals surface area contributed by atoms with Crippen molar-refractivity contribution in [3.05, 3.63) is 34.9 Å². The number of benzene rings is 1. The lowest BCUT2D eigenvalue weighted by Gasteiger charge is -2.13. The van der Waals surface area contributed by atoms with Gasteiger partial charge in [0.2, 0.25) is 5.91 Å². The van der Waals surface area contributed by atoms with Crippen molar-refractivity contribution < 1.29 is 9.53 Å². The molecule has 0 fully saturated rings. The van der Waals surface area contributed by atoms with Gasteiger partial charge in [0.1, 0.15) is 6.04 Å². The molecule has 1 amide bonds. The van der Waals surface area contributed by atoms with Crippen molar-refractivity contribution in [1.82, 2.24) is 5.32 Å². The lowest BCUT2D eigenvalue weighted by atomic mass is 10.1. The summed E-state index contributed by atoms with van der Waals surface area (Å²) in [6.45, 7) is 0.897. The van der Waals surface area contributed by atoms with E-state index in [-0.39, 0.29) is 18.3 Å². The molecule has 6 heteroatoms. The molecule has 0 spiro atoms. The summed E-state index contributed by atoms with van der Waals surface area (Å²) < 4.78 is 4.82. The topological polar surface area (TPSA) is 64.3 Å². The third kappa shape index (κ3) is 4.91. The zero-order valence-electron chi connectivity index (χ0n) is 9.48. The summed E-state index contributed by atoms with van der Waals surface area (Å²) in [5.74, 6) is -0.259. The molecule has 0 aromatic heterocycles. The number of hydrogen-bond acceptors (Lipinski definition) is 3. The highest BCUT2D eigenvalue weighted by molar-refractivity contribution is 6.31. The van der Waals surface area contributed by atoms with E-state index in [1.165, 1.54) is 0 Å². The number of ether oxygens (including phenoxy) is 1. The van der Waals surface area contributed by atoms with Crippen molar-refractivity contribution in [3.63, 3.8) is 0 Å². The molecule has 0 saturated carbocycles. The van der Waals surface area contributed by atoms with E-state index in [0.717, 1.165) is 0 Å². The summed E-state index contributed by atoms with van der Waals surface area (Å²) in [4.78, 5) is 11.6. The SMILES string of the molecule is COCCNC(=O)C(N)c1ccccc1Cl.Cl. The minimum Gasteiger partial charge on any atom is -0.383 e. The highest BCUT2D eigenvalue weighted by Gasteiger charge is 2.17. The third-order valence-corrected chi connectivity index (χ3v) is 2.47. The Balaban J connectivity index is 0.00000256. The molecule has 0 heterocycles. The number of carbonyl (C=O) groups is 1. The number of halogens is 2. The maximum atomic E-state index is 11.6. The van der Waals surface area contributed by atoms with Crippen LogP contribution in [-0.4, -0.2) is 26.2 Å². The first-order chi connectivity index (χ1) is 7.66. The van der Waals surface area contributed by atoms with Crippen molar-refractivity contribution in [2.75, 3.05) is 20.3 Å². The fourth-order valence-corrected chi connectivity index (χ4v) is 1.51. The second-order valence-corrected chi connectivity index (χ2v) is 3.69. The van der Waals surface area contributed by atoms with Gasteiger partial charge >= 0.3 is 0 Å². The van der Waals surface area contributed by atoms with E-state index in [2.05, 4.69) is 5.32 Å². The Morgan fingerprint density at radius 1 is 1.53 bits per heavy atom. The van der Waals surface area contributed by atoms with Gasteiger partial charge in [0, 0.05) is 18.7 Å². The monoisotopic (exact) mass is 278 g/mol. The molecule has 0 bridgehead atoms. The summed E-state index contributed by atoms with van der Waals surface area (Å²) in [5.41, 5.74) is 6.41. The van der Waals surface area contributed by atoms with Crippen LogP contribution in [0.4, 0.5) is 0 Å². The van der Waals surface area contributed by atoms with Crippen LogP contribution in [0, 0.1) is 0 Å². The van der Waals surface area contributed by atoms with E-state index in [9.17, 15) is 4.79 Å². The van der Waals surface area contributed by atoms with Crippen LogP contribution in [0.3, 0.4) is 0 Å². The lowest BCUT2D eigenvalue weighted by Crippen LogP contribution is -2.36. The van der Waals surface area contributed by atoms with Crippen LogP contribution in [0.15, 0.2) is 24.3 Å². The maximum Gasteiger partial charge on any atom is 0.241 e. The highest BCUT2D eigenvalue weighted by atomic mass is 35.5. The number of hydrogen-bond donors (Lipinski definition) is 2. The molecule has 0 saturated heterocycles. The zero-order chi connectivity index (χ0) is 12.0. The van der Waals surface area contributed by atoms with E-state index in [1.807, 2.05) is 0 Å². The van der Waals surface area contributed by atoms with Gasteiger partial charge in [-0.3, -0.25) is 4.79 Å². The molecule has 0 radical (unpaired) electrons. The Kier molecular flexibility index (Phi) is 7.91. The Labute approximate surface area is 112 Å². The second kappa shape index (κ2) is 8.31. The molecule has 0 aliphatic heterocycles. The fraction of sp³-hybridized carbons (Fsp3) is 0.364. The van der Waals surface area contributed by atoms with Gasteiger partial charge in [0.05, 0.1) is 6.61 Å². The van der Waals surface area contributed by atoms with E-state index in [4.69, 9.17) is 22.1 Å². The van der Waals surface area contributed by atoms with Gasteiger partial charge in [0.25, 0.3) is 0 Å². The van der Waals surface area contributed by atoms with Crippen LogP contribution in [-0.2, 0) is 9.53 Å². The summed E-state index contributed by atoms with van der Waals surface area (Å²) in [5, 5.41) is 3.16. The van der Waals surface area contributed by atoms with Gasteiger partial charge in [-0.2, -0.15) is 0 Å². The number of nitrogens with two attached hydrogens (primary N) is 1. The molecule has 1 aromatic carbocycles. The van der Waals surface area contributed by atoms with Crippen LogP contribution in [0.1, 0.15) is 11.6 Å². The molecule has 0 aliphatic carbocycles. The van der Waals surface area contributed by atoms with Crippen molar-refractivity contribution >= 4 is 29.9 Å². The van der Waals surface area contributed by atoms with Crippen LogP contribution in [0.25, 0.3) is 0 Å². The molecule has 96 valence electrons. The lowest BCUT2D eigenvalue weighted by molar-refractivity contribution is -0.122. The van der Waals surface area contributed by atoms with Gasteiger partial charge in [-0.15, -0.1) is 12.4 Å².